The van der Waals surface area contributed by atoms with Gasteiger partial charge in [-0.05, 0) is 27.2 Å². The predicted molar refractivity (Wildman–Crippen MR) is 52.3 cm³/mol. The topological polar surface area (TPSA) is 56.7 Å². The summed E-state index contributed by atoms with van der Waals surface area (Å²) in [7, 11) is 0. The van der Waals surface area contributed by atoms with Crippen molar-refractivity contribution >= 4 is 0 Å². The largest absolute Gasteiger partial charge is 0.319 e. The fraction of sp³-hybridized carbons (Fsp3) is 0.778. The molecule has 0 amide bonds. The van der Waals surface area contributed by atoms with Crippen molar-refractivity contribution < 1.29 is 0 Å². The molecule has 0 aliphatic carbocycles. The van der Waals surface area contributed by atoms with Gasteiger partial charge >= 0.3 is 0 Å². The Morgan fingerprint density at radius 2 is 2.00 bits per heavy atom. The third-order valence-electron chi connectivity index (χ3n) is 2.50. The van der Waals surface area contributed by atoms with Crippen molar-refractivity contribution in [1.29, 1.82) is 0 Å². The van der Waals surface area contributed by atoms with Crippen LogP contribution in [-0.2, 0) is 12.1 Å². The highest BCUT2D eigenvalue weighted by Gasteiger charge is 2.25. The molecule has 1 unspecified atom stereocenters. The monoisotopic (exact) mass is 182 g/mol. The van der Waals surface area contributed by atoms with Crippen LogP contribution in [-0.4, -0.2) is 14.8 Å². The number of hydrogen-bond acceptors (Lipinski definition) is 3. The van der Waals surface area contributed by atoms with Crippen LogP contribution in [0.3, 0.4) is 0 Å². The molecule has 0 spiro atoms. The second-order valence-electron chi connectivity index (χ2n) is 3.59. The zero-order valence-corrected chi connectivity index (χ0v) is 8.83. The van der Waals surface area contributed by atoms with E-state index < -0.39 is 0 Å². The van der Waals surface area contributed by atoms with E-state index in [4.69, 9.17) is 5.73 Å². The van der Waals surface area contributed by atoms with Gasteiger partial charge in [-0.25, -0.2) is 0 Å². The smallest absolute Gasteiger partial charge is 0.152 e. The van der Waals surface area contributed by atoms with Crippen molar-refractivity contribution in [1.82, 2.24) is 14.8 Å². The van der Waals surface area contributed by atoms with E-state index in [1.54, 1.807) is 0 Å². The summed E-state index contributed by atoms with van der Waals surface area (Å²) in [6.45, 7) is 8.95. The van der Waals surface area contributed by atoms with Gasteiger partial charge in [-0.15, -0.1) is 10.2 Å². The molecule has 0 saturated carbocycles. The number of nitrogens with two attached hydrogens (primary N) is 1. The lowest BCUT2D eigenvalue weighted by Crippen LogP contribution is -2.35. The van der Waals surface area contributed by atoms with Crippen LogP contribution in [0.2, 0.25) is 0 Å². The van der Waals surface area contributed by atoms with E-state index in [2.05, 4.69) is 28.6 Å². The molecule has 1 atom stereocenters. The number of aromatic nitrogens is 3. The van der Waals surface area contributed by atoms with E-state index in [1.807, 2.05) is 13.8 Å². The number of rotatable bonds is 3. The lowest BCUT2D eigenvalue weighted by atomic mass is 9.99. The van der Waals surface area contributed by atoms with Crippen LogP contribution in [0.1, 0.15) is 38.8 Å². The maximum absolute atomic E-state index is 6.10. The van der Waals surface area contributed by atoms with Crippen LogP contribution in [0.4, 0.5) is 0 Å². The maximum atomic E-state index is 6.10. The number of hydrogen-bond donors (Lipinski definition) is 1. The van der Waals surface area contributed by atoms with Gasteiger partial charge in [-0.1, -0.05) is 6.92 Å². The lowest BCUT2D eigenvalue weighted by Gasteiger charge is -2.22. The molecule has 0 radical (unpaired) electrons. The van der Waals surface area contributed by atoms with E-state index in [-0.39, 0.29) is 5.54 Å². The van der Waals surface area contributed by atoms with Crippen LogP contribution >= 0.6 is 0 Å². The Hall–Kier alpha value is -0.900. The van der Waals surface area contributed by atoms with Gasteiger partial charge in [0.05, 0.1) is 5.54 Å². The van der Waals surface area contributed by atoms with Crippen molar-refractivity contribution in [3.63, 3.8) is 0 Å². The minimum atomic E-state index is -0.364. The Balaban J connectivity index is 3.14. The van der Waals surface area contributed by atoms with Gasteiger partial charge in [-0.2, -0.15) is 0 Å². The summed E-state index contributed by atoms with van der Waals surface area (Å²) in [6, 6.07) is 0. The zero-order valence-electron chi connectivity index (χ0n) is 8.83. The standard InChI is InChI=1S/C9H18N4/c1-5-9(4,10)8-12-11-7(3)13(8)6-2/h5-6,10H2,1-4H3. The van der Waals surface area contributed by atoms with Crippen molar-refractivity contribution in [2.45, 2.75) is 46.2 Å². The van der Waals surface area contributed by atoms with E-state index >= 15 is 0 Å². The first-order valence-corrected chi connectivity index (χ1v) is 4.72. The molecule has 4 heteroatoms. The van der Waals surface area contributed by atoms with Gasteiger partial charge in [0.15, 0.2) is 5.82 Å². The SMILES string of the molecule is CCn1c(C)nnc1C(C)(N)CC. The minimum Gasteiger partial charge on any atom is -0.319 e. The first-order chi connectivity index (χ1) is 6.03. The molecule has 1 aromatic rings. The summed E-state index contributed by atoms with van der Waals surface area (Å²) in [5.41, 5.74) is 5.74. The minimum absolute atomic E-state index is 0.364. The summed E-state index contributed by atoms with van der Waals surface area (Å²) in [5.74, 6) is 1.82. The second kappa shape index (κ2) is 3.46. The molecule has 13 heavy (non-hydrogen) atoms. The highest BCUT2D eigenvalue weighted by molar-refractivity contribution is 5.05. The van der Waals surface area contributed by atoms with Crippen LogP contribution < -0.4 is 5.73 Å². The van der Waals surface area contributed by atoms with Crippen molar-refractivity contribution in [3.05, 3.63) is 11.6 Å². The van der Waals surface area contributed by atoms with Gasteiger partial charge in [-0.3, -0.25) is 0 Å². The summed E-state index contributed by atoms with van der Waals surface area (Å²) >= 11 is 0. The molecule has 1 aromatic heterocycles. The van der Waals surface area contributed by atoms with Crippen molar-refractivity contribution in [3.8, 4) is 0 Å². The highest BCUT2D eigenvalue weighted by Crippen LogP contribution is 2.19. The Bertz CT molecular complexity index is 288. The molecule has 1 heterocycles. The molecule has 0 fully saturated rings. The van der Waals surface area contributed by atoms with Crippen molar-refractivity contribution in [2.24, 2.45) is 5.73 Å². The van der Waals surface area contributed by atoms with Crippen LogP contribution in [0, 0.1) is 6.92 Å². The molecular weight excluding hydrogens is 164 g/mol. The molecule has 0 aromatic carbocycles. The van der Waals surface area contributed by atoms with Crippen LogP contribution in [0.15, 0.2) is 0 Å². The first kappa shape index (κ1) is 10.2. The van der Waals surface area contributed by atoms with E-state index in [1.165, 1.54) is 0 Å². The summed E-state index contributed by atoms with van der Waals surface area (Å²) in [5, 5.41) is 8.15. The maximum Gasteiger partial charge on any atom is 0.152 e. The van der Waals surface area contributed by atoms with Crippen LogP contribution in [0.25, 0.3) is 0 Å². The Kier molecular flexibility index (Phi) is 2.71. The normalized spacial score (nSPS) is 15.8. The highest BCUT2D eigenvalue weighted by atomic mass is 15.3. The predicted octanol–water partition coefficient (Wildman–Crippen LogP) is 1.19. The lowest BCUT2D eigenvalue weighted by molar-refractivity contribution is 0.420. The summed E-state index contributed by atoms with van der Waals surface area (Å²) in [6.07, 6.45) is 0.866. The Morgan fingerprint density at radius 3 is 2.46 bits per heavy atom. The Morgan fingerprint density at radius 1 is 1.38 bits per heavy atom. The summed E-state index contributed by atoms with van der Waals surface area (Å²) in [4.78, 5) is 0. The van der Waals surface area contributed by atoms with Crippen molar-refractivity contribution in [2.75, 3.05) is 0 Å². The molecule has 4 nitrogen and oxygen atoms in total. The Labute approximate surface area is 79.2 Å². The molecular formula is C9H18N4. The summed E-state index contributed by atoms with van der Waals surface area (Å²) < 4.78 is 2.06. The third kappa shape index (κ3) is 1.72. The third-order valence-corrected chi connectivity index (χ3v) is 2.50. The quantitative estimate of drug-likeness (QED) is 0.764. The molecule has 0 aliphatic rings. The van der Waals surface area contributed by atoms with Crippen LogP contribution in [0.5, 0.6) is 0 Å². The van der Waals surface area contributed by atoms with Gasteiger partial charge in [0.1, 0.15) is 5.82 Å². The van der Waals surface area contributed by atoms with Gasteiger partial charge in [0.2, 0.25) is 0 Å². The van der Waals surface area contributed by atoms with Gasteiger partial charge in [0, 0.05) is 6.54 Å². The average molecular weight is 182 g/mol. The molecule has 0 bridgehead atoms. The second-order valence-corrected chi connectivity index (χ2v) is 3.59. The van der Waals surface area contributed by atoms with E-state index in [0.717, 1.165) is 24.6 Å². The fourth-order valence-corrected chi connectivity index (χ4v) is 1.34. The molecule has 1 rings (SSSR count). The first-order valence-electron chi connectivity index (χ1n) is 4.72. The molecule has 0 aliphatic heterocycles. The number of aryl methyl sites for hydroxylation is 1. The molecule has 74 valence electrons. The number of nitrogens with zero attached hydrogens (tertiary/aromatic N) is 3. The fourth-order valence-electron chi connectivity index (χ4n) is 1.34. The zero-order chi connectivity index (χ0) is 10.1. The van der Waals surface area contributed by atoms with E-state index in [0.29, 0.717) is 0 Å². The van der Waals surface area contributed by atoms with E-state index in [9.17, 15) is 0 Å². The molecule has 0 saturated heterocycles. The average Bonchev–Trinajstić information content (AvgIpc) is 2.47. The van der Waals surface area contributed by atoms with Gasteiger partial charge in [0.25, 0.3) is 0 Å². The molecule has 2 N–H and O–H groups in total. The van der Waals surface area contributed by atoms with Gasteiger partial charge < -0.3 is 10.3 Å².